The van der Waals surface area contributed by atoms with Gasteiger partial charge in [-0.1, -0.05) is 54.6 Å². The molecule has 0 saturated heterocycles. The molecule has 0 aromatic heterocycles. The van der Waals surface area contributed by atoms with Crippen molar-refractivity contribution in [1.29, 1.82) is 0 Å². The topological polar surface area (TPSA) is 20.2 Å². The maximum atomic E-state index is 15.3. The third-order valence-corrected chi connectivity index (χ3v) is 5.67. The third-order valence-electron chi connectivity index (χ3n) is 5.67. The summed E-state index contributed by atoms with van der Waals surface area (Å²) in [6.07, 6.45) is 0. The minimum absolute atomic E-state index is 0.192. The summed E-state index contributed by atoms with van der Waals surface area (Å²) in [6.45, 7) is -0.192. The highest BCUT2D eigenvalue weighted by Crippen LogP contribution is 2.72. The van der Waals surface area contributed by atoms with Crippen molar-refractivity contribution in [1.82, 2.24) is 0 Å². The first-order chi connectivity index (χ1) is 14.3. The normalized spacial score (nSPS) is 26.2. The van der Waals surface area contributed by atoms with E-state index in [1.54, 1.807) is 18.2 Å². The molecule has 0 radical (unpaired) electrons. The van der Waals surface area contributed by atoms with Crippen LogP contribution in [0.2, 0.25) is 0 Å². The number of hydrogen-bond donors (Lipinski definition) is 1. The minimum Gasteiger partial charge on any atom is -0.382 e. The first-order valence-corrected chi connectivity index (χ1v) is 8.78. The average Bonchev–Trinajstić information content (AvgIpc) is 2.72. The molecule has 1 unspecified atom stereocenters. The molecule has 32 heavy (non-hydrogen) atoms. The van der Waals surface area contributed by atoms with Gasteiger partial charge in [-0.2, -0.15) is 43.9 Å². The first kappa shape index (κ1) is 24.3. The van der Waals surface area contributed by atoms with Crippen molar-refractivity contribution in [3.05, 3.63) is 60.2 Å². The van der Waals surface area contributed by atoms with Gasteiger partial charge >= 0.3 is 29.6 Å². The Morgan fingerprint density at radius 3 is 1.28 bits per heavy atom. The molecule has 0 spiro atoms. The van der Waals surface area contributed by atoms with Gasteiger partial charge in [0.15, 0.2) is 0 Å². The van der Waals surface area contributed by atoms with Crippen LogP contribution in [-0.2, 0) is 5.60 Å². The maximum absolute atomic E-state index is 15.3. The van der Waals surface area contributed by atoms with E-state index >= 15 is 4.39 Å². The van der Waals surface area contributed by atoms with Gasteiger partial charge in [0.25, 0.3) is 5.67 Å². The molecule has 0 aliphatic heterocycles. The highest BCUT2D eigenvalue weighted by atomic mass is 19.4. The van der Waals surface area contributed by atoms with Gasteiger partial charge in [-0.3, -0.25) is 0 Å². The lowest BCUT2D eigenvalue weighted by Crippen LogP contribution is -2.87. The Balaban J connectivity index is 2.23. The molecule has 0 heterocycles. The van der Waals surface area contributed by atoms with E-state index in [1.165, 1.54) is 12.1 Å². The fourth-order valence-corrected chi connectivity index (χ4v) is 3.65. The van der Waals surface area contributed by atoms with Crippen LogP contribution in [0.1, 0.15) is 12.5 Å². The smallest absolute Gasteiger partial charge is 0.382 e. The van der Waals surface area contributed by atoms with Crippen LogP contribution < -0.4 is 0 Å². The summed E-state index contributed by atoms with van der Waals surface area (Å²) in [5, 5.41) is 10.3. The Labute approximate surface area is 173 Å². The van der Waals surface area contributed by atoms with Crippen LogP contribution in [0.25, 0.3) is 11.1 Å². The van der Waals surface area contributed by atoms with Crippen LogP contribution >= 0.6 is 0 Å². The lowest BCUT2D eigenvalue weighted by atomic mass is 9.63. The van der Waals surface area contributed by atoms with Crippen molar-refractivity contribution in [3.8, 4) is 11.1 Å². The number of benzene rings is 2. The zero-order chi connectivity index (χ0) is 24.6. The van der Waals surface area contributed by atoms with E-state index in [0.717, 1.165) is 12.1 Å². The molecule has 176 valence electrons. The lowest BCUT2D eigenvalue weighted by Gasteiger charge is -2.56. The van der Waals surface area contributed by atoms with Crippen molar-refractivity contribution >= 4 is 0 Å². The molecule has 12 heteroatoms. The fraction of sp³-hybridized carbons (Fsp3) is 0.400. The Morgan fingerprint density at radius 1 is 0.531 bits per heavy atom. The molecule has 1 nitrogen and oxygen atoms in total. The van der Waals surface area contributed by atoms with Crippen LogP contribution in [0.5, 0.6) is 0 Å². The summed E-state index contributed by atoms with van der Waals surface area (Å²) in [7, 11) is 0. The van der Waals surface area contributed by atoms with Gasteiger partial charge in [0, 0.05) is 0 Å². The number of alkyl halides is 11. The summed E-state index contributed by atoms with van der Waals surface area (Å²) >= 11 is 0. The van der Waals surface area contributed by atoms with Crippen LogP contribution in [0.3, 0.4) is 0 Å². The minimum atomic E-state index is -7.34. The molecule has 2 aromatic carbocycles. The van der Waals surface area contributed by atoms with E-state index in [1.807, 2.05) is 0 Å². The van der Waals surface area contributed by atoms with Crippen LogP contribution in [0.4, 0.5) is 48.3 Å². The Morgan fingerprint density at radius 2 is 0.875 bits per heavy atom. The molecular weight excluding hydrogens is 465 g/mol. The molecule has 1 N–H and O–H groups in total. The predicted molar refractivity (Wildman–Crippen MR) is 90.0 cm³/mol. The standard InChI is InChI=1S/C20H13F11O/c1-14(32,13-9-7-12(8-10-13)11-5-3-2-4-6-11)15(21)16(22,23)18(26,27)20(30,31)19(28,29)17(15,24)25/h2-10,32H,1H3. The zero-order valence-electron chi connectivity index (χ0n) is 15.8. The molecule has 2 aromatic rings. The van der Waals surface area contributed by atoms with E-state index in [9.17, 15) is 49.0 Å². The van der Waals surface area contributed by atoms with Gasteiger partial charge in [-0.25, -0.2) is 4.39 Å². The average molecular weight is 478 g/mol. The summed E-state index contributed by atoms with van der Waals surface area (Å²) in [6, 6.07) is 10.9. The lowest BCUT2D eigenvalue weighted by molar-refractivity contribution is -0.502. The van der Waals surface area contributed by atoms with Crippen molar-refractivity contribution in [2.45, 2.75) is 47.8 Å². The van der Waals surface area contributed by atoms with Gasteiger partial charge in [-0.15, -0.1) is 0 Å². The Hall–Kier alpha value is -2.37. The van der Waals surface area contributed by atoms with E-state index < -0.39 is 46.4 Å². The SMILES string of the molecule is CC(O)(c1ccc(-c2ccccc2)cc1)C1(F)C(F)(F)C(F)(F)C(F)(F)C(F)(F)C1(F)F. The fourth-order valence-electron chi connectivity index (χ4n) is 3.65. The van der Waals surface area contributed by atoms with Crippen LogP contribution in [0, 0.1) is 0 Å². The highest BCUT2D eigenvalue weighted by Gasteiger charge is 3.03. The number of rotatable bonds is 3. The Bertz CT molecular complexity index is 968. The van der Waals surface area contributed by atoms with E-state index in [2.05, 4.69) is 0 Å². The van der Waals surface area contributed by atoms with Crippen molar-refractivity contribution in [3.63, 3.8) is 0 Å². The van der Waals surface area contributed by atoms with Gasteiger partial charge in [-0.05, 0) is 23.6 Å². The third kappa shape index (κ3) is 2.49. The van der Waals surface area contributed by atoms with Gasteiger partial charge in [0.1, 0.15) is 5.60 Å². The number of hydrogen-bond acceptors (Lipinski definition) is 1. The highest BCUT2D eigenvalue weighted by molar-refractivity contribution is 5.63. The van der Waals surface area contributed by atoms with Crippen LogP contribution in [0.15, 0.2) is 54.6 Å². The van der Waals surface area contributed by atoms with E-state index in [4.69, 9.17) is 0 Å². The quantitative estimate of drug-likeness (QED) is 0.503. The molecule has 1 aliphatic carbocycles. The van der Waals surface area contributed by atoms with Gasteiger partial charge in [0.2, 0.25) is 0 Å². The molecular formula is C20H13F11O. The molecule has 0 amide bonds. The molecule has 1 aliphatic rings. The second-order valence-corrected chi connectivity index (χ2v) is 7.55. The molecule has 3 rings (SSSR count). The molecule has 1 saturated carbocycles. The van der Waals surface area contributed by atoms with Gasteiger partial charge < -0.3 is 5.11 Å². The molecule has 0 bridgehead atoms. The number of halogens is 11. The maximum Gasteiger partial charge on any atom is 0.384 e. The van der Waals surface area contributed by atoms with Crippen molar-refractivity contribution in [2.75, 3.05) is 0 Å². The monoisotopic (exact) mass is 478 g/mol. The first-order valence-electron chi connectivity index (χ1n) is 8.78. The summed E-state index contributed by atoms with van der Waals surface area (Å²) in [5.74, 6) is -36.2. The summed E-state index contributed by atoms with van der Waals surface area (Å²) in [5.41, 5.74) is -11.5. The van der Waals surface area contributed by atoms with Crippen LogP contribution in [-0.4, -0.2) is 40.4 Å². The molecule has 1 fully saturated rings. The van der Waals surface area contributed by atoms with Crippen molar-refractivity contribution < 1.29 is 53.4 Å². The van der Waals surface area contributed by atoms with Crippen molar-refractivity contribution in [2.24, 2.45) is 0 Å². The predicted octanol–water partition coefficient (Wildman–Crippen LogP) is 6.46. The largest absolute Gasteiger partial charge is 0.384 e. The summed E-state index contributed by atoms with van der Waals surface area (Å²) in [4.78, 5) is 0. The zero-order valence-corrected chi connectivity index (χ0v) is 15.8. The second kappa shape index (κ2) is 6.58. The summed E-state index contributed by atoms with van der Waals surface area (Å²) < 4.78 is 154. The number of aliphatic hydroxyl groups is 1. The van der Waals surface area contributed by atoms with E-state index in [-0.39, 0.29) is 12.5 Å². The Kier molecular flexibility index (Phi) is 4.99. The molecule has 1 atom stereocenters. The van der Waals surface area contributed by atoms with Gasteiger partial charge in [0.05, 0.1) is 0 Å². The second-order valence-electron chi connectivity index (χ2n) is 7.55. The van der Waals surface area contributed by atoms with E-state index in [0.29, 0.717) is 17.7 Å².